The maximum absolute atomic E-state index is 12.0. The number of ether oxygens (including phenoxy) is 2. The van der Waals surface area contributed by atoms with Crippen LogP contribution in [0.5, 0.6) is 23.0 Å². The Morgan fingerprint density at radius 2 is 1.90 bits per heavy atom. The summed E-state index contributed by atoms with van der Waals surface area (Å²) in [5, 5.41) is 20.5. The van der Waals surface area contributed by atoms with Crippen molar-refractivity contribution >= 4 is 21.7 Å². The molecule has 6 heteroatoms. The van der Waals surface area contributed by atoms with E-state index in [2.05, 4.69) is 0 Å². The molecule has 2 aromatic carbocycles. The van der Waals surface area contributed by atoms with E-state index in [1.807, 2.05) is 0 Å². The minimum absolute atomic E-state index is 0.0506. The number of benzene rings is 2. The molecule has 0 saturated heterocycles. The summed E-state index contributed by atoms with van der Waals surface area (Å²) >= 11 is 0. The van der Waals surface area contributed by atoms with E-state index in [9.17, 15) is 15.0 Å². The standard InChI is InChI=1S/C14H8O6/c15-6-3-8(16)12-10(4-6)20-14(17)7-1-2-9-13(11(7)12)19-5-18-9/h1-4,15-16H,5H2. The van der Waals surface area contributed by atoms with Crippen LogP contribution in [0, 0.1) is 0 Å². The van der Waals surface area contributed by atoms with Gasteiger partial charge in [0.05, 0.1) is 10.8 Å². The fourth-order valence-corrected chi connectivity index (χ4v) is 2.46. The van der Waals surface area contributed by atoms with Crippen molar-refractivity contribution in [3.05, 3.63) is 34.7 Å². The molecule has 4 rings (SSSR count). The summed E-state index contributed by atoms with van der Waals surface area (Å²) in [6, 6.07) is 5.62. The maximum atomic E-state index is 12.0. The monoisotopic (exact) mass is 272 g/mol. The normalized spacial score (nSPS) is 13.2. The van der Waals surface area contributed by atoms with Crippen molar-refractivity contribution < 1.29 is 24.1 Å². The van der Waals surface area contributed by atoms with Crippen LogP contribution < -0.4 is 15.1 Å². The van der Waals surface area contributed by atoms with Gasteiger partial charge in [0, 0.05) is 17.5 Å². The Bertz CT molecular complexity index is 924. The molecule has 0 unspecified atom stereocenters. The van der Waals surface area contributed by atoms with Crippen molar-refractivity contribution in [2.24, 2.45) is 0 Å². The van der Waals surface area contributed by atoms with E-state index in [1.165, 1.54) is 12.1 Å². The lowest BCUT2D eigenvalue weighted by atomic mass is 10.1. The Hall–Kier alpha value is -2.89. The van der Waals surface area contributed by atoms with Crippen LogP contribution in [0.3, 0.4) is 0 Å². The molecule has 0 radical (unpaired) electrons. The number of phenolic OH excluding ortho intramolecular Hbond substituents is 2. The third kappa shape index (κ3) is 1.30. The molecule has 0 spiro atoms. The van der Waals surface area contributed by atoms with Crippen LogP contribution in [0.15, 0.2) is 33.5 Å². The molecule has 100 valence electrons. The maximum Gasteiger partial charge on any atom is 0.344 e. The first-order chi connectivity index (χ1) is 9.65. The fourth-order valence-electron chi connectivity index (χ4n) is 2.46. The molecular formula is C14H8O6. The number of fused-ring (bicyclic) bond motifs is 5. The van der Waals surface area contributed by atoms with E-state index in [4.69, 9.17) is 13.9 Å². The van der Waals surface area contributed by atoms with Gasteiger partial charge in [-0.1, -0.05) is 0 Å². The lowest BCUT2D eigenvalue weighted by Crippen LogP contribution is -2.00. The van der Waals surface area contributed by atoms with Gasteiger partial charge >= 0.3 is 5.63 Å². The number of aromatic hydroxyl groups is 2. The highest BCUT2D eigenvalue weighted by Gasteiger charge is 2.22. The van der Waals surface area contributed by atoms with E-state index >= 15 is 0 Å². The summed E-state index contributed by atoms with van der Waals surface area (Å²) in [5.74, 6) is 0.498. The molecule has 0 atom stereocenters. The van der Waals surface area contributed by atoms with Gasteiger partial charge in [-0.05, 0) is 12.1 Å². The topological polar surface area (TPSA) is 89.1 Å². The van der Waals surface area contributed by atoms with E-state index < -0.39 is 5.63 Å². The molecule has 2 N–H and O–H groups in total. The highest BCUT2D eigenvalue weighted by molar-refractivity contribution is 6.12. The highest BCUT2D eigenvalue weighted by Crippen LogP contribution is 2.44. The van der Waals surface area contributed by atoms with Crippen LogP contribution >= 0.6 is 0 Å². The van der Waals surface area contributed by atoms with E-state index in [0.29, 0.717) is 22.3 Å². The predicted octanol–water partition coefficient (Wildman–Crippen LogP) is 2.09. The molecule has 6 nitrogen and oxygen atoms in total. The number of hydrogen-bond donors (Lipinski definition) is 2. The Labute approximate surface area is 111 Å². The Kier molecular flexibility index (Phi) is 1.96. The number of phenols is 2. The van der Waals surface area contributed by atoms with E-state index in [-0.39, 0.29) is 29.3 Å². The molecule has 3 aromatic rings. The van der Waals surface area contributed by atoms with Crippen molar-refractivity contribution in [1.82, 2.24) is 0 Å². The van der Waals surface area contributed by atoms with Crippen molar-refractivity contribution in [2.75, 3.05) is 6.79 Å². The molecular weight excluding hydrogens is 264 g/mol. The van der Waals surface area contributed by atoms with Crippen molar-refractivity contribution in [1.29, 1.82) is 0 Å². The average Bonchev–Trinajstić information content (AvgIpc) is 2.85. The Morgan fingerprint density at radius 3 is 2.75 bits per heavy atom. The second kappa shape index (κ2) is 3.57. The molecule has 1 aliphatic rings. The predicted molar refractivity (Wildman–Crippen MR) is 69.4 cm³/mol. The van der Waals surface area contributed by atoms with Crippen molar-refractivity contribution in [2.45, 2.75) is 0 Å². The zero-order valence-electron chi connectivity index (χ0n) is 10.0. The van der Waals surface area contributed by atoms with Gasteiger partial charge in [0.2, 0.25) is 6.79 Å². The summed E-state index contributed by atoms with van der Waals surface area (Å²) in [6.07, 6.45) is 0. The molecule has 1 aromatic heterocycles. The van der Waals surface area contributed by atoms with Gasteiger partial charge in [0.15, 0.2) is 11.5 Å². The zero-order valence-corrected chi connectivity index (χ0v) is 10.0. The Morgan fingerprint density at radius 1 is 1.05 bits per heavy atom. The highest BCUT2D eigenvalue weighted by atomic mass is 16.7. The summed E-state index contributed by atoms with van der Waals surface area (Å²) in [6.45, 7) is 0.0506. The minimum Gasteiger partial charge on any atom is -0.508 e. The molecule has 1 aliphatic heterocycles. The first-order valence-corrected chi connectivity index (χ1v) is 5.86. The van der Waals surface area contributed by atoms with Gasteiger partial charge < -0.3 is 24.1 Å². The van der Waals surface area contributed by atoms with Gasteiger partial charge in [0.1, 0.15) is 17.1 Å². The van der Waals surface area contributed by atoms with Crippen LogP contribution in [-0.2, 0) is 0 Å². The summed E-state index contributed by atoms with van der Waals surface area (Å²) < 4.78 is 15.8. The average molecular weight is 272 g/mol. The molecule has 0 aliphatic carbocycles. The van der Waals surface area contributed by atoms with Crippen LogP contribution in [0.4, 0.5) is 0 Å². The smallest absolute Gasteiger partial charge is 0.344 e. The molecule has 0 amide bonds. The largest absolute Gasteiger partial charge is 0.508 e. The molecule has 0 saturated carbocycles. The summed E-state index contributed by atoms with van der Waals surface area (Å²) in [7, 11) is 0. The lowest BCUT2D eigenvalue weighted by Gasteiger charge is -2.07. The van der Waals surface area contributed by atoms with Crippen LogP contribution in [-0.4, -0.2) is 17.0 Å². The first kappa shape index (κ1) is 11.0. The first-order valence-electron chi connectivity index (χ1n) is 5.86. The molecule has 0 fully saturated rings. The third-order valence-corrected chi connectivity index (χ3v) is 3.28. The third-order valence-electron chi connectivity index (χ3n) is 3.28. The summed E-state index contributed by atoms with van der Waals surface area (Å²) in [4.78, 5) is 12.0. The van der Waals surface area contributed by atoms with E-state index in [0.717, 1.165) is 0 Å². The van der Waals surface area contributed by atoms with Crippen LogP contribution in [0.25, 0.3) is 21.7 Å². The fraction of sp³-hybridized carbons (Fsp3) is 0.0714. The number of rotatable bonds is 0. The molecule has 2 heterocycles. The van der Waals surface area contributed by atoms with Crippen LogP contribution in [0.1, 0.15) is 0 Å². The second-order valence-electron chi connectivity index (χ2n) is 4.45. The minimum atomic E-state index is -0.573. The van der Waals surface area contributed by atoms with Gasteiger partial charge in [0.25, 0.3) is 0 Å². The van der Waals surface area contributed by atoms with Crippen LogP contribution in [0.2, 0.25) is 0 Å². The lowest BCUT2D eigenvalue weighted by molar-refractivity contribution is 0.175. The van der Waals surface area contributed by atoms with Gasteiger partial charge in [-0.25, -0.2) is 4.79 Å². The van der Waals surface area contributed by atoms with Gasteiger partial charge in [-0.3, -0.25) is 0 Å². The SMILES string of the molecule is O=c1oc2cc(O)cc(O)c2c2c3c(ccc12)OCO3. The molecule has 20 heavy (non-hydrogen) atoms. The summed E-state index contributed by atoms with van der Waals surface area (Å²) in [5.41, 5.74) is -0.486. The van der Waals surface area contributed by atoms with E-state index in [1.54, 1.807) is 12.1 Å². The Balaban J connectivity index is 2.34. The van der Waals surface area contributed by atoms with Gasteiger partial charge in [-0.15, -0.1) is 0 Å². The second-order valence-corrected chi connectivity index (χ2v) is 4.45. The number of hydrogen-bond acceptors (Lipinski definition) is 6. The molecule has 0 bridgehead atoms. The van der Waals surface area contributed by atoms with Crippen molar-refractivity contribution in [3.63, 3.8) is 0 Å². The quantitative estimate of drug-likeness (QED) is 0.481. The van der Waals surface area contributed by atoms with Gasteiger partial charge in [-0.2, -0.15) is 0 Å². The zero-order chi connectivity index (χ0) is 13.9. The van der Waals surface area contributed by atoms with Crippen molar-refractivity contribution in [3.8, 4) is 23.0 Å².